The molecule has 20 heavy (non-hydrogen) atoms. The van der Waals surface area contributed by atoms with Gasteiger partial charge in [-0.1, -0.05) is 0 Å². The van der Waals surface area contributed by atoms with Gasteiger partial charge >= 0.3 is 0 Å². The summed E-state index contributed by atoms with van der Waals surface area (Å²) in [4.78, 5) is 14.0. The van der Waals surface area contributed by atoms with Crippen LogP contribution in [0.3, 0.4) is 0 Å². The maximum atomic E-state index is 12.4. The van der Waals surface area contributed by atoms with Crippen LogP contribution < -0.4 is 9.47 Å². The Morgan fingerprint density at radius 3 is 2.80 bits per heavy atom. The number of carbonyl (C=O) groups excluding carboxylic acids is 1. The van der Waals surface area contributed by atoms with Gasteiger partial charge in [-0.05, 0) is 18.2 Å². The maximum absolute atomic E-state index is 12.4. The summed E-state index contributed by atoms with van der Waals surface area (Å²) in [5.74, 6) is 0.930. The monoisotopic (exact) mass is 276 g/mol. The van der Waals surface area contributed by atoms with Crippen molar-refractivity contribution in [2.75, 3.05) is 33.9 Å². The Hall–Kier alpha value is -2.26. The lowest BCUT2D eigenvalue weighted by Crippen LogP contribution is -2.45. The molecule has 1 aliphatic heterocycles. The zero-order chi connectivity index (χ0) is 14.5. The zero-order valence-corrected chi connectivity index (χ0v) is 11.5. The number of benzene rings is 1. The topological polar surface area (TPSA) is 71.8 Å². The Morgan fingerprint density at radius 2 is 2.15 bits per heavy atom. The predicted octanol–water partition coefficient (Wildman–Crippen LogP) is 1.07. The fourth-order valence-electron chi connectivity index (χ4n) is 2.06. The largest absolute Gasteiger partial charge is 0.493 e. The number of methoxy groups -OCH3 is 2. The normalized spacial score (nSPS) is 18.2. The van der Waals surface area contributed by atoms with E-state index in [9.17, 15) is 4.79 Å². The van der Waals surface area contributed by atoms with Gasteiger partial charge in [0.25, 0.3) is 5.91 Å². The molecular formula is C14H16N2O4. The van der Waals surface area contributed by atoms with E-state index in [1.165, 1.54) is 7.11 Å². The summed E-state index contributed by atoms with van der Waals surface area (Å²) in [6, 6.07) is 7.03. The second-order valence-electron chi connectivity index (χ2n) is 4.31. The van der Waals surface area contributed by atoms with E-state index in [1.807, 2.05) is 6.07 Å². The van der Waals surface area contributed by atoms with Crippen molar-refractivity contribution < 1.29 is 19.0 Å². The van der Waals surface area contributed by atoms with E-state index >= 15 is 0 Å². The van der Waals surface area contributed by atoms with Gasteiger partial charge in [0.05, 0.1) is 33.4 Å². The second kappa shape index (κ2) is 6.26. The molecule has 106 valence electrons. The summed E-state index contributed by atoms with van der Waals surface area (Å²) < 4.78 is 15.5. The van der Waals surface area contributed by atoms with E-state index in [2.05, 4.69) is 0 Å². The van der Waals surface area contributed by atoms with E-state index in [4.69, 9.17) is 19.5 Å². The number of ether oxygens (including phenoxy) is 3. The van der Waals surface area contributed by atoms with Crippen molar-refractivity contribution in [1.29, 1.82) is 5.26 Å². The van der Waals surface area contributed by atoms with Crippen LogP contribution in [-0.2, 0) is 4.74 Å². The summed E-state index contributed by atoms with van der Waals surface area (Å²) in [6.45, 7) is 1.13. The van der Waals surface area contributed by atoms with Gasteiger partial charge in [0.15, 0.2) is 17.6 Å². The Bertz CT molecular complexity index is 538. The Kier molecular flexibility index (Phi) is 4.43. The molecule has 1 aromatic rings. The van der Waals surface area contributed by atoms with Crippen molar-refractivity contribution >= 4 is 5.91 Å². The minimum Gasteiger partial charge on any atom is -0.493 e. The van der Waals surface area contributed by atoms with Crippen LogP contribution in [-0.4, -0.2) is 50.8 Å². The molecule has 1 atom stereocenters. The molecular weight excluding hydrogens is 260 g/mol. The van der Waals surface area contributed by atoms with Crippen LogP contribution in [0, 0.1) is 11.3 Å². The highest BCUT2D eigenvalue weighted by molar-refractivity contribution is 5.95. The molecule has 1 saturated heterocycles. The molecule has 1 aromatic carbocycles. The summed E-state index contributed by atoms with van der Waals surface area (Å²) in [7, 11) is 3.06. The number of hydrogen-bond acceptors (Lipinski definition) is 5. The lowest BCUT2D eigenvalue weighted by molar-refractivity contribution is 0.00345. The molecule has 0 aromatic heterocycles. The molecule has 0 N–H and O–H groups in total. The van der Waals surface area contributed by atoms with Gasteiger partial charge in [-0.3, -0.25) is 4.79 Å². The van der Waals surface area contributed by atoms with Crippen LogP contribution in [0.15, 0.2) is 18.2 Å². The van der Waals surface area contributed by atoms with Gasteiger partial charge in [-0.2, -0.15) is 5.26 Å². The van der Waals surface area contributed by atoms with Gasteiger partial charge in [-0.15, -0.1) is 0 Å². The third-order valence-corrected chi connectivity index (χ3v) is 3.13. The molecule has 6 nitrogen and oxygen atoms in total. The van der Waals surface area contributed by atoms with Crippen LogP contribution in [0.1, 0.15) is 10.4 Å². The lowest BCUT2D eigenvalue weighted by atomic mass is 10.1. The number of amides is 1. The highest BCUT2D eigenvalue weighted by Crippen LogP contribution is 2.28. The first-order chi connectivity index (χ1) is 9.69. The van der Waals surface area contributed by atoms with E-state index in [1.54, 1.807) is 30.2 Å². The third-order valence-electron chi connectivity index (χ3n) is 3.13. The summed E-state index contributed by atoms with van der Waals surface area (Å²) >= 11 is 0. The quantitative estimate of drug-likeness (QED) is 0.825. The number of rotatable bonds is 3. The van der Waals surface area contributed by atoms with Gasteiger partial charge in [0.2, 0.25) is 0 Å². The lowest BCUT2D eigenvalue weighted by Gasteiger charge is -2.29. The Balaban J connectivity index is 2.18. The molecule has 1 heterocycles. The van der Waals surface area contributed by atoms with E-state index in [0.29, 0.717) is 30.2 Å². The van der Waals surface area contributed by atoms with E-state index in [-0.39, 0.29) is 12.5 Å². The van der Waals surface area contributed by atoms with Gasteiger partial charge in [0, 0.05) is 12.1 Å². The Morgan fingerprint density at radius 1 is 1.40 bits per heavy atom. The number of nitriles is 1. The standard InChI is InChI=1S/C14H16N2O4/c1-18-12-4-3-10(7-13(12)19-2)14(17)16-5-6-20-11(8-15)9-16/h3-4,7,11H,5-6,9H2,1-2H3. The van der Waals surface area contributed by atoms with Crippen LogP contribution in [0.5, 0.6) is 11.5 Å². The number of carbonyl (C=O) groups is 1. The van der Waals surface area contributed by atoms with Crippen molar-refractivity contribution in [3.8, 4) is 17.6 Å². The molecule has 0 spiro atoms. The van der Waals surface area contributed by atoms with E-state index < -0.39 is 6.10 Å². The summed E-state index contributed by atoms with van der Waals surface area (Å²) in [6.07, 6.45) is -0.562. The van der Waals surface area contributed by atoms with E-state index in [0.717, 1.165) is 0 Å². The SMILES string of the molecule is COc1ccc(C(=O)N2CCOC(C#N)C2)cc1OC. The molecule has 0 saturated carbocycles. The van der Waals surface area contributed by atoms with Gasteiger partial charge in [-0.25, -0.2) is 0 Å². The molecule has 0 radical (unpaired) electrons. The molecule has 2 rings (SSSR count). The van der Waals surface area contributed by atoms with Crippen LogP contribution in [0.4, 0.5) is 0 Å². The van der Waals surface area contributed by atoms with Gasteiger partial charge < -0.3 is 19.1 Å². The van der Waals surface area contributed by atoms with Crippen molar-refractivity contribution in [3.05, 3.63) is 23.8 Å². The summed E-state index contributed by atoms with van der Waals surface area (Å²) in [5.41, 5.74) is 0.501. The molecule has 1 amide bonds. The van der Waals surface area contributed by atoms with Crippen LogP contribution in [0.25, 0.3) is 0 Å². The maximum Gasteiger partial charge on any atom is 0.254 e. The number of hydrogen-bond donors (Lipinski definition) is 0. The summed E-state index contributed by atoms with van der Waals surface area (Å²) in [5, 5.41) is 8.86. The first kappa shape index (κ1) is 14.2. The van der Waals surface area contributed by atoms with Crippen LogP contribution in [0.2, 0.25) is 0 Å². The molecule has 1 fully saturated rings. The van der Waals surface area contributed by atoms with Crippen molar-refractivity contribution in [3.63, 3.8) is 0 Å². The average molecular weight is 276 g/mol. The first-order valence-electron chi connectivity index (χ1n) is 6.22. The first-order valence-corrected chi connectivity index (χ1v) is 6.22. The molecule has 1 aliphatic rings. The number of morpholine rings is 1. The fraction of sp³-hybridized carbons (Fsp3) is 0.429. The smallest absolute Gasteiger partial charge is 0.254 e. The molecule has 0 bridgehead atoms. The average Bonchev–Trinajstić information content (AvgIpc) is 2.53. The zero-order valence-electron chi connectivity index (χ0n) is 11.5. The minimum absolute atomic E-state index is 0.144. The second-order valence-corrected chi connectivity index (χ2v) is 4.31. The molecule has 1 unspecified atom stereocenters. The van der Waals surface area contributed by atoms with Crippen molar-refractivity contribution in [2.24, 2.45) is 0 Å². The van der Waals surface area contributed by atoms with Crippen molar-refractivity contribution in [2.45, 2.75) is 6.10 Å². The molecule has 0 aliphatic carbocycles. The van der Waals surface area contributed by atoms with Crippen LogP contribution >= 0.6 is 0 Å². The Labute approximate surface area is 117 Å². The highest BCUT2D eigenvalue weighted by Gasteiger charge is 2.25. The minimum atomic E-state index is -0.562. The third kappa shape index (κ3) is 2.83. The fourth-order valence-corrected chi connectivity index (χ4v) is 2.06. The number of nitrogens with zero attached hydrogens (tertiary/aromatic N) is 2. The molecule has 6 heteroatoms. The van der Waals surface area contributed by atoms with Gasteiger partial charge in [0.1, 0.15) is 0 Å². The van der Waals surface area contributed by atoms with Crippen molar-refractivity contribution in [1.82, 2.24) is 4.90 Å². The highest BCUT2D eigenvalue weighted by atomic mass is 16.5. The predicted molar refractivity (Wildman–Crippen MR) is 70.8 cm³/mol.